The van der Waals surface area contributed by atoms with E-state index in [1.807, 2.05) is 27.8 Å². The molecule has 0 aromatic heterocycles. The number of aliphatic imine (C=N–C) groups is 1. The fraction of sp³-hybridized carbons (Fsp3) is 0.905. The van der Waals surface area contributed by atoms with Crippen molar-refractivity contribution in [2.24, 2.45) is 10.4 Å². The fourth-order valence-corrected chi connectivity index (χ4v) is 3.82. The van der Waals surface area contributed by atoms with Crippen molar-refractivity contribution in [1.29, 1.82) is 0 Å². The van der Waals surface area contributed by atoms with Crippen LogP contribution in [-0.2, 0) is 9.47 Å². The van der Waals surface area contributed by atoms with Crippen LogP contribution in [0.15, 0.2) is 4.99 Å². The van der Waals surface area contributed by atoms with E-state index in [9.17, 15) is 4.79 Å². The Kier molecular flexibility index (Phi) is 9.02. The largest absolute Gasteiger partial charge is 0.444 e. The number of hydrogen-bond acceptors (Lipinski definition) is 5. The van der Waals surface area contributed by atoms with E-state index in [4.69, 9.17) is 9.47 Å². The molecule has 0 bridgehead atoms. The third kappa shape index (κ3) is 8.01. The standard InChI is InChI=1S/C21H41N5O3/c1-20(2,3)29-19(27)26-14-12-25(13-15-26)11-10-23-18(22-4)24-17-21(7-6-8-21)9-16-28-5/h6-17H2,1-5H3,(H2,22,23,24). The van der Waals surface area contributed by atoms with E-state index in [0.717, 1.165) is 51.7 Å². The average molecular weight is 412 g/mol. The van der Waals surface area contributed by atoms with Gasteiger partial charge >= 0.3 is 6.09 Å². The summed E-state index contributed by atoms with van der Waals surface area (Å²) in [6.07, 6.45) is 4.74. The van der Waals surface area contributed by atoms with Crippen LogP contribution in [0.3, 0.4) is 0 Å². The summed E-state index contributed by atoms with van der Waals surface area (Å²) in [4.78, 5) is 20.7. The molecule has 1 amide bonds. The van der Waals surface area contributed by atoms with Crippen LogP contribution in [0.25, 0.3) is 0 Å². The van der Waals surface area contributed by atoms with E-state index in [2.05, 4.69) is 20.5 Å². The molecule has 0 aromatic rings. The summed E-state index contributed by atoms with van der Waals surface area (Å²) in [5.74, 6) is 0.862. The number of hydrogen-bond donors (Lipinski definition) is 2. The topological polar surface area (TPSA) is 78.4 Å². The maximum Gasteiger partial charge on any atom is 0.410 e. The van der Waals surface area contributed by atoms with Gasteiger partial charge in [0.05, 0.1) is 0 Å². The van der Waals surface area contributed by atoms with Gasteiger partial charge in [-0.15, -0.1) is 0 Å². The van der Waals surface area contributed by atoms with Crippen molar-refractivity contribution in [2.45, 2.75) is 52.1 Å². The van der Waals surface area contributed by atoms with E-state index in [1.54, 1.807) is 12.0 Å². The smallest absolute Gasteiger partial charge is 0.410 e. The van der Waals surface area contributed by atoms with Gasteiger partial charge in [0.15, 0.2) is 5.96 Å². The first-order valence-corrected chi connectivity index (χ1v) is 10.9. The number of carbonyl (C=O) groups excluding carboxylic acids is 1. The molecule has 29 heavy (non-hydrogen) atoms. The highest BCUT2D eigenvalue weighted by molar-refractivity contribution is 5.79. The normalized spacial score (nSPS) is 20.2. The second-order valence-corrected chi connectivity index (χ2v) is 9.26. The second kappa shape index (κ2) is 11.0. The van der Waals surface area contributed by atoms with Gasteiger partial charge in [-0.3, -0.25) is 9.89 Å². The number of ether oxygens (including phenoxy) is 2. The molecule has 1 aliphatic carbocycles. The zero-order valence-corrected chi connectivity index (χ0v) is 19.1. The minimum absolute atomic E-state index is 0.210. The van der Waals surface area contributed by atoms with Gasteiger partial charge in [-0.25, -0.2) is 4.79 Å². The number of carbonyl (C=O) groups is 1. The summed E-state index contributed by atoms with van der Waals surface area (Å²) < 4.78 is 10.7. The maximum atomic E-state index is 12.2. The molecule has 2 aliphatic rings. The van der Waals surface area contributed by atoms with Crippen LogP contribution in [0.1, 0.15) is 46.5 Å². The minimum Gasteiger partial charge on any atom is -0.444 e. The molecule has 2 N–H and O–H groups in total. The van der Waals surface area contributed by atoms with E-state index < -0.39 is 5.60 Å². The molecule has 2 fully saturated rings. The highest BCUT2D eigenvalue weighted by Gasteiger charge is 2.36. The van der Waals surface area contributed by atoms with Crippen LogP contribution >= 0.6 is 0 Å². The summed E-state index contributed by atoms with van der Waals surface area (Å²) in [5.41, 5.74) is -0.0751. The Bertz CT molecular complexity index is 535. The molecule has 8 nitrogen and oxygen atoms in total. The lowest BCUT2D eigenvalue weighted by Gasteiger charge is -2.42. The van der Waals surface area contributed by atoms with Gasteiger partial charge in [0.1, 0.15) is 5.60 Å². The number of amides is 1. The first-order valence-electron chi connectivity index (χ1n) is 10.9. The van der Waals surface area contributed by atoms with Gasteiger partial charge in [-0.05, 0) is 45.4 Å². The van der Waals surface area contributed by atoms with Crippen molar-refractivity contribution in [3.05, 3.63) is 0 Å². The SMILES string of the molecule is CN=C(NCCN1CCN(C(=O)OC(C)(C)C)CC1)NCC1(CCOC)CCC1. The quantitative estimate of drug-likeness (QED) is 0.469. The Hall–Kier alpha value is -1.54. The van der Waals surface area contributed by atoms with Gasteiger partial charge in [0, 0.05) is 66.6 Å². The predicted molar refractivity (Wildman–Crippen MR) is 116 cm³/mol. The molecular weight excluding hydrogens is 370 g/mol. The first kappa shape index (κ1) is 23.7. The number of piperazine rings is 1. The summed E-state index contributed by atoms with van der Waals surface area (Å²) in [6, 6.07) is 0. The van der Waals surface area contributed by atoms with Crippen LogP contribution in [0.5, 0.6) is 0 Å². The molecule has 0 atom stereocenters. The molecule has 1 heterocycles. The third-order valence-corrected chi connectivity index (χ3v) is 5.85. The Balaban J connectivity index is 1.63. The highest BCUT2D eigenvalue weighted by Crippen LogP contribution is 2.43. The van der Waals surface area contributed by atoms with Gasteiger partial charge in [-0.1, -0.05) is 6.42 Å². The number of guanidine groups is 1. The molecule has 0 spiro atoms. The molecule has 2 rings (SSSR count). The molecule has 1 aliphatic heterocycles. The van der Waals surface area contributed by atoms with Crippen LogP contribution in [0.4, 0.5) is 4.79 Å². The van der Waals surface area contributed by atoms with Crippen molar-refractivity contribution >= 4 is 12.1 Å². The summed E-state index contributed by atoms with van der Waals surface area (Å²) in [5, 5.41) is 6.92. The van der Waals surface area contributed by atoms with Crippen molar-refractivity contribution in [3.63, 3.8) is 0 Å². The van der Waals surface area contributed by atoms with E-state index in [-0.39, 0.29) is 6.09 Å². The first-order chi connectivity index (χ1) is 13.8. The molecule has 0 unspecified atom stereocenters. The Morgan fingerprint density at radius 3 is 2.34 bits per heavy atom. The predicted octanol–water partition coefficient (Wildman–Crippen LogP) is 1.91. The van der Waals surface area contributed by atoms with Crippen molar-refractivity contribution in [1.82, 2.24) is 20.4 Å². The van der Waals surface area contributed by atoms with Crippen molar-refractivity contribution < 1.29 is 14.3 Å². The summed E-state index contributed by atoms with van der Waals surface area (Å²) >= 11 is 0. The number of rotatable bonds is 8. The minimum atomic E-state index is -0.442. The number of nitrogens with zero attached hydrogens (tertiary/aromatic N) is 3. The monoisotopic (exact) mass is 411 g/mol. The van der Waals surface area contributed by atoms with Crippen LogP contribution in [0.2, 0.25) is 0 Å². The van der Waals surface area contributed by atoms with E-state index in [0.29, 0.717) is 18.5 Å². The lowest BCUT2D eigenvalue weighted by Crippen LogP contribution is -2.52. The average Bonchev–Trinajstić information content (AvgIpc) is 2.64. The zero-order chi connectivity index (χ0) is 21.3. The maximum absolute atomic E-state index is 12.2. The van der Waals surface area contributed by atoms with E-state index in [1.165, 1.54) is 19.3 Å². The van der Waals surface area contributed by atoms with E-state index >= 15 is 0 Å². The molecule has 168 valence electrons. The Labute approximate surface area is 176 Å². The number of nitrogens with one attached hydrogen (secondary N) is 2. The Morgan fingerprint density at radius 1 is 1.14 bits per heavy atom. The molecule has 0 radical (unpaired) electrons. The molecule has 8 heteroatoms. The van der Waals surface area contributed by atoms with Crippen LogP contribution in [-0.4, -0.2) is 94.0 Å². The van der Waals surface area contributed by atoms with Gasteiger partial charge < -0.3 is 25.0 Å². The highest BCUT2D eigenvalue weighted by atomic mass is 16.6. The van der Waals surface area contributed by atoms with Crippen LogP contribution < -0.4 is 10.6 Å². The van der Waals surface area contributed by atoms with Crippen molar-refractivity contribution in [3.8, 4) is 0 Å². The molecule has 0 aromatic carbocycles. The Morgan fingerprint density at radius 2 is 1.83 bits per heavy atom. The molecular formula is C21H41N5O3. The zero-order valence-electron chi connectivity index (χ0n) is 19.1. The van der Waals surface area contributed by atoms with Crippen molar-refractivity contribution in [2.75, 3.05) is 66.6 Å². The van der Waals surface area contributed by atoms with Gasteiger partial charge in [-0.2, -0.15) is 0 Å². The second-order valence-electron chi connectivity index (χ2n) is 9.26. The lowest BCUT2D eigenvalue weighted by molar-refractivity contribution is 0.0147. The third-order valence-electron chi connectivity index (χ3n) is 5.85. The molecule has 1 saturated carbocycles. The van der Waals surface area contributed by atoms with Gasteiger partial charge in [0.2, 0.25) is 0 Å². The fourth-order valence-electron chi connectivity index (χ4n) is 3.82. The molecule has 1 saturated heterocycles. The van der Waals surface area contributed by atoms with Gasteiger partial charge in [0.25, 0.3) is 0 Å². The number of methoxy groups -OCH3 is 1. The lowest BCUT2D eigenvalue weighted by atomic mass is 9.67. The summed E-state index contributed by atoms with van der Waals surface area (Å²) in [7, 11) is 3.59. The summed E-state index contributed by atoms with van der Waals surface area (Å²) in [6.45, 7) is 12.4. The van der Waals surface area contributed by atoms with Crippen LogP contribution in [0, 0.1) is 5.41 Å².